The molecule has 0 aliphatic carbocycles. The van der Waals surface area contributed by atoms with Gasteiger partial charge in [-0.05, 0) is 48.9 Å². The number of nitrogens with one attached hydrogen (secondary N) is 2. The zero-order valence-electron chi connectivity index (χ0n) is 14.7. The van der Waals surface area contributed by atoms with Crippen LogP contribution in [0.2, 0.25) is 0 Å². The summed E-state index contributed by atoms with van der Waals surface area (Å²) in [5.41, 5.74) is 1.32. The number of anilines is 1. The van der Waals surface area contributed by atoms with Crippen molar-refractivity contribution in [2.45, 2.75) is 6.92 Å². The first kappa shape index (κ1) is 19.8. The number of hydrogen-bond acceptors (Lipinski definition) is 4. The van der Waals surface area contributed by atoms with Crippen LogP contribution in [0.4, 0.5) is 10.1 Å². The molecule has 2 aromatic carbocycles. The van der Waals surface area contributed by atoms with E-state index in [-0.39, 0.29) is 5.91 Å². The third-order valence-electron chi connectivity index (χ3n) is 3.35. The van der Waals surface area contributed by atoms with Crippen LogP contribution in [0, 0.1) is 5.82 Å². The summed E-state index contributed by atoms with van der Waals surface area (Å²) in [5, 5.41) is 5.21. The molecule has 7 heteroatoms. The fraction of sp³-hybridized carbons (Fsp3) is 0.150. The van der Waals surface area contributed by atoms with Gasteiger partial charge in [0.25, 0.3) is 11.8 Å². The van der Waals surface area contributed by atoms with Gasteiger partial charge in [-0.2, -0.15) is 0 Å². The molecule has 0 aliphatic heterocycles. The average molecular weight is 370 g/mol. The lowest BCUT2D eigenvalue weighted by atomic mass is 10.2. The Morgan fingerprint density at radius 1 is 1.11 bits per heavy atom. The molecule has 140 valence electrons. The average Bonchev–Trinajstić information content (AvgIpc) is 2.65. The van der Waals surface area contributed by atoms with Crippen molar-refractivity contribution in [1.29, 1.82) is 0 Å². The number of hydrogen-bond donors (Lipinski definition) is 2. The second kappa shape index (κ2) is 9.86. The molecule has 0 saturated heterocycles. The van der Waals surface area contributed by atoms with Crippen molar-refractivity contribution in [3.05, 3.63) is 71.6 Å². The van der Waals surface area contributed by atoms with Crippen LogP contribution < -0.4 is 10.6 Å². The molecule has 0 radical (unpaired) electrons. The number of carbonyl (C=O) groups is 3. The van der Waals surface area contributed by atoms with E-state index in [1.54, 1.807) is 31.2 Å². The first-order valence-electron chi connectivity index (χ1n) is 8.26. The van der Waals surface area contributed by atoms with Crippen LogP contribution in [0.1, 0.15) is 22.8 Å². The van der Waals surface area contributed by atoms with Gasteiger partial charge in [-0.15, -0.1) is 0 Å². The molecule has 0 saturated carbocycles. The zero-order chi connectivity index (χ0) is 19.6. The van der Waals surface area contributed by atoms with Gasteiger partial charge in [0.15, 0.2) is 6.61 Å². The van der Waals surface area contributed by atoms with Crippen LogP contribution >= 0.6 is 0 Å². The van der Waals surface area contributed by atoms with Crippen molar-refractivity contribution >= 4 is 29.5 Å². The van der Waals surface area contributed by atoms with Crippen LogP contribution in [-0.2, 0) is 14.3 Å². The van der Waals surface area contributed by atoms with E-state index in [0.29, 0.717) is 23.4 Å². The second-order valence-corrected chi connectivity index (χ2v) is 5.48. The largest absolute Gasteiger partial charge is 0.452 e. The fourth-order valence-electron chi connectivity index (χ4n) is 2.16. The number of amides is 2. The van der Waals surface area contributed by atoms with E-state index in [9.17, 15) is 18.8 Å². The van der Waals surface area contributed by atoms with Gasteiger partial charge in [-0.3, -0.25) is 9.59 Å². The minimum Gasteiger partial charge on any atom is -0.452 e. The molecule has 2 rings (SSSR count). The molecule has 6 nitrogen and oxygen atoms in total. The lowest BCUT2D eigenvalue weighted by Crippen LogP contribution is -2.23. The van der Waals surface area contributed by atoms with Crippen LogP contribution in [0.25, 0.3) is 6.08 Å². The lowest BCUT2D eigenvalue weighted by molar-refractivity contribution is -0.142. The molecular weight excluding hydrogens is 351 g/mol. The molecule has 0 unspecified atom stereocenters. The Bertz CT molecular complexity index is 865. The second-order valence-electron chi connectivity index (χ2n) is 5.48. The molecule has 2 amide bonds. The number of rotatable bonds is 7. The van der Waals surface area contributed by atoms with Gasteiger partial charge < -0.3 is 15.4 Å². The van der Waals surface area contributed by atoms with E-state index < -0.39 is 24.3 Å². The van der Waals surface area contributed by atoms with Gasteiger partial charge >= 0.3 is 5.97 Å². The highest BCUT2D eigenvalue weighted by atomic mass is 19.1. The summed E-state index contributed by atoms with van der Waals surface area (Å²) in [6.45, 7) is 1.81. The topological polar surface area (TPSA) is 84.5 Å². The highest BCUT2D eigenvalue weighted by Crippen LogP contribution is 2.11. The fourth-order valence-corrected chi connectivity index (χ4v) is 2.16. The summed E-state index contributed by atoms with van der Waals surface area (Å²) in [4.78, 5) is 35.3. The molecule has 0 fully saturated rings. The predicted molar refractivity (Wildman–Crippen MR) is 99.5 cm³/mol. The maximum absolute atomic E-state index is 13.0. The van der Waals surface area contributed by atoms with E-state index in [1.807, 2.05) is 0 Å². The maximum atomic E-state index is 13.0. The highest BCUT2D eigenvalue weighted by Gasteiger charge is 2.08. The summed E-state index contributed by atoms with van der Waals surface area (Å²) < 4.78 is 17.9. The van der Waals surface area contributed by atoms with Gasteiger partial charge in [0, 0.05) is 23.9 Å². The maximum Gasteiger partial charge on any atom is 0.331 e. The number of halogens is 1. The summed E-state index contributed by atoms with van der Waals surface area (Å²) in [5.74, 6) is -1.94. The van der Waals surface area contributed by atoms with Gasteiger partial charge in [-0.1, -0.05) is 18.2 Å². The minimum absolute atomic E-state index is 0.248. The van der Waals surface area contributed by atoms with Crippen LogP contribution in [0.15, 0.2) is 54.6 Å². The Kier molecular flexibility index (Phi) is 7.25. The summed E-state index contributed by atoms with van der Waals surface area (Å²) in [7, 11) is 0. The van der Waals surface area contributed by atoms with Crippen molar-refractivity contribution < 1.29 is 23.5 Å². The summed E-state index contributed by atoms with van der Waals surface area (Å²) in [6.07, 6.45) is 2.50. The van der Waals surface area contributed by atoms with E-state index >= 15 is 0 Å². The van der Waals surface area contributed by atoms with E-state index in [2.05, 4.69) is 10.6 Å². The van der Waals surface area contributed by atoms with Crippen molar-refractivity contribution in [2.24, 2.45) is 0 Å². The molecule has 2 N–H and O–H groups in total. The molecule has 27 heavy (non-hydrogen) atoms. The third kappa shape index (κ3) is 6.74. The Hall–Kier alpha value is -3.48. The predicted octanol–water partition coefficient (Wildman–Crippen LogP) is 2.77. The normalized spacial score (nSPS) is 10.4. The SMILES string of the molecule is CCNC(=O)c1cccc(NC(=O)COC(=O)/C=C/c2cccc(F)c2)c1. The first-order chi connectivity index (χ1) is 13.0. The van der Waals surface area contributed by atoms with E-state index in [1.165, 1.54) is 30.3 Å². The third-order valence-corrected chi connectivity index (χ3v) is 3.35. The molecule has 2 aromatic rings. The van der Waals surface area contributed by atoms with Crippen molar-refractivity contribution in [3.8, 4) is 0 Å². The van der Waals surface area contributed by atoms with E-state index in [0.717, 1.165) is 6.08 Å². The molecule has 0 atom stereocenters. The molecule has 0 heterocycles. The zero-order valence-corrected chi connectivity index (χ0v) is 14.7. The number of benzene rings is 2. The van der Waals surface area contributed by atoms with Gasteiger partial charge in [0.05, 0.1) is 0 Å². The molecule has 0 spiro atoms. The molecule has 0 aromatic heterocycles. The van der Waals surface area contributed by atoms with Crippen LogP contribution in [0.5, 0.6) is 0 Å². The minimum atomic E-state index is -0.731. The van der Waals surface area contributed by atoms with Crippen LogP contribution in [0.3, 0.4) is 0 Å². The number of carbonyl (C=O) groups excluding carboxylic acids is 3. The lowest BCUT2D eigenvalue weighted by Gasteiger charge is -2.07. The van der Waals surface area contributed by atoms with Gasteiger partial charge in [0.1, 0.15) is 5.82 Å². The smallest absolute Gasteiger partial charge is 0.331 e. The Morgan fingerprint density at radius 2 is 1.89 bits per heavy atom. The van der Waals surface area contributed by atoms with Crippen molar-refractivity contribution in [3.63, 3.8) is 0 Å². The highest BCUT2D eigenvalue weighted by molar-refractivity contribution is 5.98. The first-order valence-corrected chi connectivity index (χ1v) is 8.26. The summed E-state index contributed by atoms with van der Waals surface area (Å²) >= 11 is 0. The van der Waals surface area contributed by atoms with E-state index in [4.69, 9.17) is 4.74 Å². The van der Waals surface area contributed by atoms with Crippen LogP contribution in [-0.4, -0.2) is 30.9 Å². The number of ether oxygens (including phenoxy) is 1. The number of esters is 1. The van der Waals surface area contributed by atoms with Crippen molar-refractivity contribution in [2.75, 3.05) is 18.5 Å². The Morgan fingerprint density at radius 3 is 2.63 bits per heavy atom. The molecule has 0 bridgehead atoms. The molecule has 0 aliphatic rings. The van der Waals surface area contributed by atoms with Gasteiger partial charge in [-0.25, -0.2) is 9.18 Å². The molecular formula is C20H19FN2O4. The monoisotopic (exact) mass is 370 g/mol. The van der Waals surface area contributed by atoms with Gasteiger partial charge in [0.2, 0.25) is 0 Å². The quantitative estimate of drug-likeness (QED) is 0.580. The van der Waals surface area contributed by atoms with Crippen molar-refractivity contribution in [1.82, 2.24) is 5.32 Å². The Labute approximate surface area is 156 Å². The standard InChI is InChI=1S/C20H19FN2O4/c1-2-22-20(26)15-6-4-8-17(12-15)23-18(24)13-27-19(25)10-9-14-5-3-7-16(21)11-14/h3-12H,2,13H2,1H3,(H,22,26)(H,23,24)/b10-9+. The summed E-state index contributed by atoms with van der Waals surface area (Å²) in [6, 6.07) is 12.1. The Balaban J connectivity index is 1.84.